The lowest BCUT2D eigenvalue weighted by molar-refractivity contribution is 0.102. The molecule has 2 heterocycles. The zero-order valence-electron chi connectivity index (χ0n) is 15.0. The summed E-state index contributed by atoms with van der Waals surface area (Å²) in [5.41, 5.74) is 7.54. The number of benzene rings is 2. The first-order chi connectivity index (χ1) is 14.0. The molecule has 1 amide bonds. The number of nitrogen functional groups attached to an aromatic ring is 1. The molecule has 4 aromatic rings. The van der Waals surface area contributed by atoms with Crippen molar-refractivity contribution in [2.75, 3.05) is 11.1 Å². The molecule has 0 aliphatic heterocycles. The number of carbonyl (C=O) groups is 2. The minimum absolute atomic E-state index is 0.0352. The first-order valence-electron chi connectivity index (χ1n) is 8.72. The van der Waals surface area contributed by atoms with Crippen LogP contribution in [0.25, 0.3) is 5.52 Å². The summed E-state index contributed by atoms with van der Waals surface area (Å²) >= 11 is 3.34. The highest BCUT2D eigenvalue weighted by molar-refractivity contribution is 9.10. The molecule has 0 atom stereocenters. The third kappa shape index (κ3) is 3.40. The summed E-state index contributed by atoms with van der Waals surface area (Å²) in [4.78, 5) is 26.1. The zero-order valence-corrected chi connectivity index (χ0v) is 16.6. The van der Waals surface area contributed by atoms with Gasteiger partial charge in [-0.05, 0) is 48.5 Å². The van der Waals surface area contributed by atoms with Gasteiger partial charge in [0.25, 0.3) is 5.91 Å². The number of halogens is 2. The predicted octanol–water partition coefficient (Wildman–Crippen LogP) is 4.91. The van der Waals surface area contributed by atoms with Gasteiger partial charge < -0.3 is 15.5 Å². The molecule has 0 radical (unpaired) electrons. The second-order valence-electron chi connectivity index (χ2n) is 6.36. The molecule has 144 valence electrons. The van der Waals surface area contributed by atoms with Gasteiger partial charge in [-0.1, -0.05) is 34.1 Å². The molecular weight excluding hydrogens is 437 g/mol. The number of pyridine rings is 1. The van der Waals surface area contributed by atoms with Gasteiger partial charge >= 0.3 is 0 Å². The molecule has 0 saturated carbocycles. The number of anilines is 2. The van der Waals surface area contributed by atoms with Gasteiger partial charge in [0.2, 0.25) is 5.78 Å². The largest absolute Gasteiger partial charge is 0.396 e. The number of nitrogens with two attached hydrogens (primary N) is 1. The number of nitrogens with one attached hydrogen (secondary N) is 1. The van der Waals surface area contributed by atoms with Crippen molar-refractivity contribution in [1.82, 2.24) is 4.40 Å². The second kappa shape index (κ2) is 7.52. The van der Waals surface area contributed by atoms with Crippen LogP contribution in [-0.2, 0) is 0 Å². The Morgan fingerprint density at radius 3 is 2.38 bits per heavy atom. The highest BCUT2D eigenvalue weighted by Gasteiger charge is 2.26. The Morgan fingerprint density at radius 2 is 1.66 bits per heavy atom. The number of carbonyl (C=O) groups excluding carboxylic acids is 2. The number of nitrogens with zero attached hydrogens (tertiary/aromatic N) is 1. The summed E-state index contributed by atoms with van der Waals surface area (Å²) in [7, 11) is 0. The first kappa shape index (κ1) is 18.9. The fourth-order valence-corrected chi connectivity index (χ4v) is 3.45. The molecule has 29 heavy (non-hydrogen) atoms. The molecule has 0 bridgehead atoms. The van der Waals surface area contributed by atoms with E-state index in [4.69, 9.17) is 5.73 Å². The van der Waals surface area contributed by atoms with E-state index in [1.54, 1.807) is 59.1 Å². The van der Waals surface area contributed by atoms with Crippen molar-refractivity contribution in [3.05, 3.63) is 100 Å². The summed E-state index contributed by atoms with van der Waals surface area (Å²) in [5, 5.41) is 2.53. The van der Waals surface area contributed by atoms with Crippen LogP contribution in [0.4, 0.5) is 15.8 Å². The molecule has 2 aromatic heterocycles. The van der Waals surface area contributed by atoms with Crippen LogP contribution in [-0.4, -0.2) is 16.1 Å². The Kier molecular flexibility index (Phi) is 4.90. The lowest BCUT2D eigenvalue weighted by atomic mass is 10.1. The van der Waals surface area contributed by atoms with Crippen LogP contribution in [0.2, 0.25) is 0 Å². The first-order valence-corrected chi connectivity index (χ1v) is 9.51. The summed E-state index contributed by atoms with van der Waals surface area (Å²) < 4.78 is 16.4. The Hall–Kier alpha value is -3.45. The molecule has 3 N–H and O–H groups in total. The molecule has 5 nitrogen and oxygen atoms in total. The Balaban J connectivity index is 1.83. The second-order valence-corrected chi connectivity index (χ2v) is 7.28. The van der Waals surface area contributed by atoms with Crippen molar-refractivity contribution in [3.8, 4) is 0 Å². The molecule has 7 heteroatoms. The maximum atomic E-state index is 14.0. The molecule has 4 rings (SSSR count). The van der Waals surface area contributed by atoms with Crippen LogP contribution < -0.4 is 11.1 Å². The number of hydrogen-bond acceptors (Lipinski definition) is 3. The average molecular weight is 452 g/mol. The van der Waals surface area contributed by atoms with Crippen molar-refractivity contribution >= 4 is 44.5 Å². The standard InChI is InChI=1S/C22H15BrFN3O2/c23-14-10-8-13(9-11-14)21(28)20-19(25)18(17-7-3-4-12-27(17)20)22(29)26-16-6-2-1-5-15(16)24/h1-12H,25H2,(H,26,29). The van der Waals surface area contributed by atoms with Gasteiger partial charge in [0, 0.05) is 16.2 Å². The van der Waals surface area contributed by atoms with E-state index in [2.05, 4.69) is 21.2 Å². The van der Waals surface area contributed by atoms with E-state index in [0.717, 1.165) is 4.47 Å². The Bertz CT molecular complexity index is 1250. The Morgan fingerprint density at radius 1 is 0.966 bits per heavy atom. The summed E-state index contributed by atoms with van der Waals surface area (Å²) in [6, 6.07) is 17.9. The van der Waals surface area contributed by atoms with E-state index in [1.165, 1.54) is 18.2 Å². The normalized spacial score (nSPS) is 10.8. The van der Waals surface area contributed by atoms with Gasteiger partial charge in [-0.25, -0.2) is 4.39 Å². The number of amides is 1. The third-order valence-electron chi connectivity index (χ3n) is 4.55. The zero-order chi connectivity index (χ0) is 20.5. The summed E-state index contributed by atoms with van der Waals surface area (Å²) in [5.74, 6) is -1.47. The number of rotatable bonds is 4. The van der Waals surface area contributed by atoms with Crippen LogP contribution in [0.15, 0.2) is 77.4 Å². The fraction of sp³-hybridized carbons (Fsp3) is 0. The molecule has 2 aromatic carbocycles. The molecule has 0 fully saturated rings. The minimum atomic E-state index is -0.592. The molecule has 0 saturated heterocycles. The number of para-hydroxylation sites is 1. The highest BCUT2D eigenvalue weighted by atomic mass is 79.9. The van der Waals surface area contributed by atoms with Gasteiger partial charge in [-0.15, -0.1) is 0 Å². The van der Waals surface area contributed by atoms with Crippen molar-refractivity contribution in [2.24, 2.45) is 0 Å². The molecular formula is C22H15BrFN3O2. The maximum Gasteiger partial charge on any atom is 0.260 e. The van der Waals surface area contributed by atoms with Gasteiger partial charge in [-0.2, -0.15) is 0 Å². The predicted molar refractivity (Wildman–Crippen MR) is 114 cm³/mol. The third-order valence-corrected chi connectivity index (χ3v) is 5.08. The van der Waals surface area contributed by atoms with E-state index in [9.17, 15) is 14.0 Å². The van der Waals surface area contributed by atoms with E-state index >= 15 is 0 Å². The smallest absolute Gasteiger partial charge is 0.260 e. The van der Waals surface area contributed by atoms with Crippen LogP contribution in [0.5, 0.6) is 0 Å². The van der Waals surface area contributed by atoms with Crippen molar-refractivity contribution in [3.63, 3.8) is 0 Å². The molecule has 0 spiro atoms. The monoisotopic (exact) mass is 451 g/mol. The maximum absolute atomic E-state index is 14.0. The van der Waals surface area contributed by atoms with Crippen molar-refractivity contribution < 1.29 is 14.0 Å². The van der Waals surface area contributed by atoms with Crippen molar-refractivity contribution in [1.29, 1.82) is 0 Å². The van der Waals surface area contributed by atoms with Crippen LogP contribution >= 0.6 is 15.9 Å². The number of ketones is 1. The highest BCUT2D eigenvalue weighted by Crippen LogP contribution is 2.29. The lowest BCUT2D eigenvalue weighted by Crippen LogP contribution is -2.15. The van der Waals surface area contributed by atoms with Gasteiger partial charge in [0.1, 0.15) is 11.5 Å². The average Bonchev–Trinajstić information content (AvgIpc) is 3.01. The van der Waals surface area contributed by atoms with Crippen LogP contribution in [0, 0.1) is 5.82 Å². The minimum Gasteiger partial charge on any atom is -0.396 e. The van der Waals surface area contributed by atoms with Gasteiger partial charge in [0.05, 0.1) is 22.5 Å². The van der Waals surface area contributed by atoms with Gasteiger partial charge in [-0.3, -0.25) is 9.59 Å². The topological polar surface area (TPSA) is 76.6 Å². The molecule has 0 unspecified atom stereocenters. The quantitative estimate of drug-likeness (QED) is 0.433. The summed E-state index contributed by atoms with van der Waals surface area (Å²) in [6.45, 7) is 0. The molecule has 0 aliphatic carbocycles. The van der Waals surface area contributed by atoms with E-state index in [1.807, 2.05) is 0 Å². The number of fused-ring (bicyclic) bond motifs is 1. The number of aromatic nitrogens is 1. The summed E-state index contributed by atoms with van der Waals surface area (Å²) in [6.07, 6.45) is 1.66. The van der Waals surface area contributed by atoms with Gasteiger partial charge in [0.15, 0.2) is 0 Å². The van der Waals surface area contributed by atoms with E-state index in [-0.39, 0.29) is 28.4 Å². The van der Waals surface area contributed by atoms with Crippen LogP contribution in [0.3, 0.4) is 0 Å². The van der Waals surface area contributed by atoms with E-state index in [0.29, 0.717) is 11.1 Å². The number of hydrogen-bond donors (Lipinski definition) is 2. The Labute approximate surface area is 174 Å². The fourth-order valence-electron chi connectivity index (χ4n) is 3.18. The SMILES string of the molecule is Nc1c(C(=O)Nc2ccccc2F)c2ccccn2c1C(=O)c1ccc(Br)cc1. The van der Waals surface area contributed by atoms with Crippen molar-refractivity contribution in [2.45, 2.75) is 0 Å². The van der Waals surface area contributed by atoms with Crippen LogP contribution in [0.1, 0.15) is 26.4 Å². The van der Waals surface area contributed by atoms with E-state index < -0.39 is 11.7 Å². The lowest BCUT2D eigenvalue weighted by Gasteiger charge is -2.06. The molecule has 0 aliphatic rings.